The Labute approximate surface area is 136 Å². The molecule has 1 aromatic carbocycles. The standard InChI is InChI=1S/C17H24N4O2/c1-13(20-9-11-23-12-10-20)17(22)18-7-8-21-14(2)19-15-5-3-4-6-16(15)21/h3-6,13H,7-12H2,1-2H3,(H,18,22). The van der Waals surface area contributed by atoms with E-state index in [1.807, 2.05) is 32.0 Å². The normalized spacial score (nSPS) is 17.3. The summed E-state index contributed by atoms with van der Waals surface area (Å²) >= 11 is 0. The topological polar surface area (TPSA) is 59.4 Å². The summed E-state index contributed by atoms with van der Waals surface area (Å²) in [4.78, 5) is 19.0. The number of benzene rings is 1. The highest BCUT2D eigenvalue weighted by Crippen LogP contribution is 2.14. The van der Waals surface area contributed by atoms with E-state index >= 15 is 0 Å². The molecule has 1 aliphatic rings. The van der Waals surface area contributed by atoms with Gasteiger partial charge >= 0.3 is 0 Å². The quantitative estimate of drug-likeness (QED) is 0.900. The van der Waals surface area contributed by atoms with E-state index in [4.69, 9.17) is 4.74 Å². The molecule has 124 valence electrons. The molecule has 23 heavy (non-hydrogen) atoms. The van der Waals surface area contributed by atoms with Gasteiger partial charge in [0.1, 0.15) is 5.82 Å². The van der Waals surface area contributed by atoms with Crippen molar-refractivity contribution in [1.29, 1.82) is 0 Å². The number of rotatable bonds is 5. The maximum absolute atomic E-state index is 12.3. The van der Waals surface area contributed by atoms with E-state index in [0.29, 0.717) is 19.8 Å². The predicted octanol–water partition coefficient (Wildman–Crippen LogP) is 1.18. The van der Waals surface area contributed by atoms with Crippen LogP contribution in [0.5, 0.6) is 0 Å². The molecule has 0 spiro atoms. The zero-order chi connectivity index (χ0) is 16.2. The number of nitrogens with one attached hydrogen (secondary N) is 1. The van der Waals surface area contributed by atoms with Crippen molar-refractivity contribution in [2.45, 2.75) is 26.4 Å². The fourth-order valence-corrected chi connectivity index (χ4v) is 3.05. The van der Waals surface area contributed by atoms with Crippen LogP contribution in [0.3, 0.4) is 0 Å². The first-order valence-corrected chi connectivity index (χ1v) is 8.18. The lowest BCUT2D eigenvalue weighted by Gasteiger charge is -2.31. The Kier molecular flexibility index (Phi) is 4.93. The van der Waals surface area contributed by atoms with Gasteiger partial charge in [-0.3, -0.25) is 9.69 Å². The van der Waals surface area contributed by atoms with Gasteiger partial charge in [-0.15, -0.1) is 0 Å². The minimum absolute atomic E-state index is 0.0778. The fourth-order valence-electron chi connectivity index (χ4n) is 3.05. The van der Waals surface area contributed by atoms with Crippen LogP contribution in [-0.2, 0) is 16.1 Å². The number of imidazole rings is 1. The lowest BCUT2D eigenvalue weighted by molar-refractivity contribution is -0.127. The van der Waals surface area contributed by atoms with Crippen molar-refractivity contribution in [2.24, 2.45) is 0 Å². The van der Waals surface area contributed by atoms with Crippen LogP contribution in [0.2, 0.25) is 0 Å². The van der Waals surface area contributed by atoms with Gasteiger partial charge in [-0.1, -0.05) is 12.1 Å². The molecule has 3 rings (SSSR count). The molecule has 1 aromatic heterocycles. The summed E-state index contributed by atoms with van der Waals surface area (Å²) in [5, 5.41) is 3.04. The third-order valence-electron chi connectivity index (χ3n) is 4.45. The van der Waals surface area contributed by atoms with Gasteiger partial charge < -0.3 is 14.6 Å². The van der Waals surface area contributed by atoms with Crippen LogP contribution in [0.15, 0.2) is 24.3 Å². The van der Waals surface area contributed by atoms with Crippen LogP contribution in [-0.4, -0.2) is 59.2 Å². The van der Waals surface area contributed by atoms with Crippen molar-refractivity contribution in [1.82, 2.24) is 19.8 Å². The molecule has 1 aliphatic heterocycles. The second kappa shape index (κ2) is 7.10. The van der Waals surface area contributed by atoms with Crippen LogP contribution < -0.4 is 5.32 Å². The molecule has 1 unspecified atom stereocenters. The highest BCUT2D eigenvalue weighted by Gasteiger charge is 2.22. The number of fused-ring (bicyclic) bond motifs is 1. The summed E-state index contributed by atoms with van der Waals surface area (Å²) in [5.41, 5.74) is 2.11. The first-order valence-electron chi connectivity index (χ1n) is 8.18. The van der Waals surface area contributed by atoms with Gasteiger partial charge in [-0.05, 0) is 26.0 Å². The summed E-state index contributed by atoms with van der Waals surface area (Å²) < 4.78 is 7.48. The number of nitrogens with zero attached hydrogens (tertiary/aromatic N) is 3. The second-order valence-electron chi connectivity index (χ2n) is 5.91. The lowest BCUT2D eigenvalue weighted by atomic mass is 10.2. The Balaban J connectivity index is 1.56. The van der Waals surface area contributed by atoms with E-state index in [-0.39, 0.29) is 11.9 Å². The second-order valence-corrected chi connectivity index (χ2v) is 5.91. The lowest BCUT2D eigenvalue weighted by Crippen LogP contribution is -2.50. The minimum atomic E-state index is -0.112. The number of hydrogen-bond acceptors (Lipinski definition) is 4. The number of amides is 1. The molecule has 2 heterocycles. The van der Waals surface area contributed by atoms with Gasteiger partial charge in [0.05, 0.1) is 30.3 Å². The molecule has 6 heteroatoms. The zero-order valence-electron chi connectivity index (χ0n) is 13.8. The number of ether oxygens (including phenoxy) is 1. The van der Waals surface area contributed by atoms with Gasteiger partial charge in [0, 0.05) is 26.2 Å². The van der Waals surface area contributed by atoms with Crippen LogP contribution in [0.4, 0.5) is 0 Å². The first kappa shape index (κ1) is 16.0. The molecule has 0 radical (unpaired) electrons. The predicted molar refractivity (Wildman–Crippen MR) is 89.3 cm³/mol. The molecule has 1 N–H and O–H groups in total. The Morgan fingerprint density at radius 1 is 1.35 bits per heavy atom. The molecule has 1 fully saturated rings. The smallest absolute Gasteiger partial charge is 0.237 e. The molecule has 1 atom stereocenters. The van der Waals surface area contributed by atoms with Gasteiger partial charge in [0.15, 0.2) is 0 Å². The summed E-state index contributed by atoms with van der Waals surface area (Å²) in [6.45, 7) is 8.34. The Hall–Kier alpha value is -1.92. The fraction of sp³-hybridized carbons (Fsp3) is 0.529. The largest absolute Gasteiger partial charge is 0.379 e. The Bertz CT molecular complexity index is 676. The molecule has 0 aliphatic carbocycles. The number of hydrogen-bond donors (Lipinski definition) is 1. The number of aromatic nitrogens is 2. The van der Waals surface area contributed by atoms with Crippen LogP contribution >= 0.6 is 0 Å². The van der Waals surface area contributed by atoms with E-state index in [1.165, 1.54) is 0 Å². The highest BCUT2D eigenvalue weighted by molar-refractivity contribution is 5.81. The molecule has 0 bridgehead atoms. The van der Waals surface area contributed by atoms with Crippen LogP contribution in [0.1, 0.15) is 12.7 Å². The molecular weight excluding hydrogens is 292 g/mol. The molecular formula is C17H24N4O2. The molecule has 2 aromatic rings. The Morgan fingerprint density at radius 3 is 2.87 bits per heavy atom. The highest BCUT2D eigenvalue weighted by atomic mass is 16.5. The van der Waals surface area contributed by atoms with E-state index < -0.39 is 0 Å². The van der Waals surface area contributed by atoms with Crippen molar-refractivity contribution in [3.63, 3.8) is 0 Å². The van der Waals surface area contributed by atoms with Gasteiger partial charge in [0.2, 0.25) is 5.91 Å². The summed E-state index contributed by atoms with van der Waals surface area (Å²) in [6, 6.07) is 7.97. The van der Waals surface area contributed by atoms with Crippen molar-refractivity contribution < 1.29 is 9.53 Å². The van der Waals surface area contributed by atoms with Crippen LogP contribution in [0, 0.1) is 6.92 Å². The first-order chi connectivity index (χ1) is 11.2. The molecule has 6 nitrogen and oxygen atoms in total. The van der Waals surface area contributed by atoms with Crippen molar-refractivity contribution >= 4 is 16.9 Å². The molecule has 1 saturated heterocycles. The molecule has 0 saturated carbocycles. The van der Waals surface area contributed by atoms with Crippen LogP contribution in [0.25, 0.3) is 11.0 Å². The van der Waals surface area contributed by atoms with Crippen molar-refractivity contribution in [2.75, 3.05) is 32.8 Å². The monoisotopic (exact) mass is 316 g/mol. The van der Waals surface area contributed by atoms with Gasteiger partial charge in [0.25, 0.3) is 0 Å². The van der Waals surface area contributed by atoms with Gasteiger partial charge in [-0.25, -0.2) is 4.98 Å². The number of aryl methyl sites for hydroxylation is 1. The molecule has 1 amide bonds. The maximum atomic E-state index is 12.3. The average Bonchev–Trinajstić information content (AvgIpc) is 2.90. The van der Waals surface area contributed by atoms with Crippen molar-refractivity contribution in [3.8, 4) is 0 Å². The third kappa shape index (κ3) is 3.54. The minimum Gasteiger partial charge on any atom is -0.379 e. The van der Waals surface area contributed by atoms with E-state index in [9.17, 15) is 4.79 Å². The SMILES string of the molecule is Cc1nc2ccccc2n1CCNC(=O)C(C)N1CCOCC1. The van der Waals surface area contributed by atoms with E-state index in [0.717, 1.165) is 36.5 Å². The summed E-state index contributed by atoms with van der Waals surface area (Å²) in [6.07, 6.45) is 0. The summed E-state index contributed by atoms with van der Waals surface area (Å²) in [5.74, 6) is 1.05. The third-order valence-corrected chi connectivity index (χ3v) is 4.45. The van der Waals surface area contributed by atoms with Gasteiger partial charge in [-0.2, -0.15) is 0 Å². The van der Waals surface area contributed by atoms with Crippen molar-refractivity contribution in [3.05, 3.63) is 30.1 Å². The summed E-state index contributed by atoms with van der Waals surface area (Å²) in [7, 11) is 0. The number of carbonyl (C=O) groups excluding carboxylic acids is 1. The van der Waals surface area contributed by atoms with E-state index in [1.54, 1.807) is 0 Å². The number of morpholine rings is 1. The Morgan fingerprint density at radius 2 is 2.09 bits per heavy atom. The zero-order valence-corrected chi connectivity index (χ0v) is 13.8. The maximum Gasteiger partial charge on any atom is 0.237 e. The number of carbonyl (C=O) groups is 1. The number of para-hydroxylation sites is 2. The average molecular weight is 316 g/mol. The van der Waals surface area contributed by atoms with E-state index in [2.05, 4.69) is 25.8 Å².